The van der Waals surface area contributed by atoms with Crippen LogP contribution < -0.4 is 32.0 Å². The Labute approximate surface area is 467 Å². The summed E-state index contributed by atoms with van der Waals surface area (Å²) >= 11 is 0. The third-order valence-corrected chi connectivity index (χ3v) is 16.0. The molecule has 0 radical (unpaired) electrons. The van der Waals surface area contributed by atoms with Crippen LogP contribution in [0.2, 0.25) is 0 Å². The molecule has 1 aliphatic carbocycles. The second kappa shape index (κ2) is 26.9. The number of rotatable bonds is 26. The minimum atomic E-state index is -5.89. The van der Waals surface area contributed by atoms with Crippen LogP contribution >= 0.6 is 23.5 Å². The largest absolute Gasteiger partial charge is 0.492 e. The van der Waals surface area contributed by atoms with Gasteiger partial charge in [0, 0.05) is 75.4 Å². The summed E-state index contributed by atoms with van der Waals surface area (Å²) in [6.45, 7) is 5.82. The van der Waals surface area contributed by atoms with Gasteiger partial charge in [0.15, 0.2) is 0 Å². The molecular formula is C48H52N11O21P3. The number of phosphoric acid groups is 3. The van der Waals surface area contributed by atoms with Gasteiger partial charge in [0.25, 0.3) is 11.5 Å². The number of esters is 1. The SMILES string of the molecule is CC/N=c1/cc2oc3cc(NCC)c(C)cc3c(-c3cc(C(=O)NCCOc4ccc(C(=O)OCc5cn([C@H]6CC(OCN=[N+]=[N-])[C@@H](COP(=O)(O)OP(=O)(O)OP(=O)(O)O)O6)c(=O)[nH]c5=O)c(CN=[N+]=[N-])c4)ccc3C(=O)O)c-2cc1C. The lowest BCUT2D eigenvalue weighted by Gasteiger charge is -2.21. The topological polar surface area (TPSA) is 470 Å². The Balaban J connectivity index is 1.04. The molecule has 440 valence electrons. The van der Waals surface area contributed by atoms with Crippen molar-refractivity contribution in [3.8, 4) is 28.2 Å². The van der Waals surface area contributed by atoms with Crippen LogP contribution in [0.5, 0.6) is 5.75 Å². The number of fused-ring (bicyclic) bond motifs is 2. The molecule has 3 heterocycles. The van der Waals surface area contributed by atoms with E-state index in [-0.39, 0.29) is 65.2 Å². The molecule has 83 heavy (non-hydrogen) atoms. The zero-order valence-electron chi connectivity index (χ0n) is 44.1. The van der Waals surface area contributed by atoms with E-state index in [0.717, 1.165) is 27.6 Å². The summed E-state index contributed by atoms with van der Waals surface area (Å²) in [6, 6.07) is 15.8. The van der Waals surface area contributed by atoms with Gasteiger partial charge in [-0.15, -0.1) is 0 Å². The molecule has 7 rings (SSSR count). The number of carbonyl (C=O) groups excluding carboxylic acids is 2. The van der Waals surface area contributed by atoms with Crippen molar-refractivity contribution in [2.45, 2.75) is 65.7 Å². The van der Waals surface area contributed by atoms with Gasteiger partial charge < -0.3 is 58.7 Å². The maximum absolute atomic E-state index is 13.8. The predicted molar refractivity (Wildman–Crippen MR) is 290 cm³/mol. The Bertz CT molecular complexity index is 3910. The Hall–Kier alpha value is -8.01. The second-order valence-corrected chi connectivity index (χ2v) is 22.3. The third kappa shape index (κ3) is 16.0. The van der Waals surface area contributed by atoms with Crippen LogP contribution in [-0.4, -0.2) is 104 Å². The maximum Gasteiger partial charge on any atom is 0.490 e. The van der Waals surface area contributed by atoms with Crippen molar-refractivity contribution in [3.63, 3.8) is 0 Å². The summed E-state index contributed by atoms with van der Waals surface area (Å²) in [5, 5.41) is 24.7. The molecule has 2 aliphatic heterocycles. The summed E-state index contributed by atoms with van der Waals surface area (Å²) < 4.78 is 77.0. The number of hydrogen-bond donors (Lipinski definition) is 8. The molecular weight excluding hydrogens is 1160 g/mol. The number of hydrogen-bond acceptors (Lipinski definition) is 20. The molecule has 3 unspecified atom stereocenters. The molecule has 32 nitrogen and oxygen atoms in total. The third-order valence-electron chi connectivity index (χ3n) is 12.2. The lowest BCUT2D eigenvalue weighted by Crippen LogP contribution is -2.34. The number of nitrogens with one attached hydrogen (secondary N) is 3. The van der Waals surface area contributed by atoms with E-state index >= 15 is 0 Å². The second-order valence-electron chi connectivity index (χ2n) is 17.9. The van der Waals surface area contributed by atoms with Gasteiger partial charge in [-0.2, -0.15) is 8.62 Å². The first-order valence-corrected chi connectivity index (χ1v) is 29.1. The number of carbonyl (C=O) groups is 3. The summed E-state index contributed by atoms with van der Waals surface area (Å²) in [5.41, 5.74) is 19.9. The molecule has 3 aliphatic rings. The first-order valence-electron chi connectivity index (χ1n) is 24.6. The highest BCUT2D eigenvalue weighted by Crippen LogP contribution is 2.66. The molecule has 0 saturated carbocycles. The number of H-pyrrole nitrogens is 1. The zero-order valence-corrected chi connectivity index (χ0v) is 46.8. The molecule has 1 fully saturated rings. The van der Waals surface area contributed by atoms with Gasteiger partial charge in [-0.25, -0.2) is 28.1 Å². The molecule has 1 aromatic heterocycles. The van der Waals surface area contributed by atoms with Gasteiger partial charge in [0.1, 0.15) is 49.4 Å². The van der Waals surface area contributed by atoms with Crippen molar-refractivity contribution in [3.05, 3.63) is 153 Å². The first kappa shape index (κ1) is 62.6. The number of aromatic amines is 1. The van der Waals surface area contributed by atoms with Crippen LogP contribution in [0, 0.1) is 13.8 Å². The van der Waals surface area contributed by atoms with Crippen LogP contribution in [0.3, 0.4) is 0 Å². The van der Waals surface area contributed by atoms with Gasteiger partial charge in [-0.05, 0) is 110 Å². The summed E-state index contributed by atoms with van der Waals surface area (Å²) in [6.07, 6.45) is -3.46. The number of azide groups is 2. The number of anilines is 1. The van der Waals surface area contributed by atoms with Gasteiger partial charge in [-0.3, -0.25) is 28.7 Å². The Morgan fingerprint density at radius 1 is 0.892 bits per heavy atom. The number of carboxylic acids is 1. The van der Waals surface area contributed by atoms with Crippen molar-refractivity contribution in [2.75, 3.05) is 44.9 Å². The number of nitrogens with zero attached hydrogens (tertiary/aromatic N) is 8. The summed E-state index contributed by atoms with van der Waals surface area (Å²) in [7, 11) is -17.3. The number of aromatic nitrogens is 2. The number of amides is 1. The quantitative estimate of drug-likeness (QED) is 0.00516. The van der Waals surface area contributed by atoms with Gasteiger partial charge >= 0.3 is 41.1 Å². The average Bonchev–Trinajstić information content (AvgIpc) is 1.85. The normalized spacial score (nSPS) is 16.8. The van der Waals surface area contributed by atoms with Crippen LogP contribution in [0.1, 0.15) is 79.8 Å². The molecule has 1 amide bonds. The average molecular weight is 1210 g/mol. The van der Waals surface area contributed by atoms with Crippen molar-refractivity contribution < 1.29 is 89.3 Å². The van der Waals surface area contributed by atoms with Crippen LogP contribution in [0.15, 0.2) is 96.1 Å². The van der Waals surface area contributed by atoms with E-state index in [0.29, 0.717) is 46.3 Å². The minimum absolute atomic E-state index is 0.0590. The smallest absolute Gasteiger partial charge is 0.490 e. The van der Waals surface area contributed by atoms with Gasteiger partial charge in [-0.1, -0.05) is 10.2 Å². The fourth-order valence-corrected chi connectivity index (χ4v) is 11.7. The lowest BCUT2D eigenvalue weighted by atomic mass is 9.88. The molecule has 4 aromatic rings. The minimum Gasteiger partial charge on any atom is -0.492 e. The number of ether oxygens (including phenoxy) is 4. The van der Waals surface area contributed by atoms with E-state index in [4.69, 9.17) is 44.2 Å². The van der Waals surface area contributed by atoms with E-state index in [1.54, 1.807) is 0 Å². The van der Waals surface area contributed by atoms with E-state index in [1.165, 1.54) is 36.4 Å². The standard InChI is InChI=1S/C48H52N11O21P3/c1-5-51-36-17-38-34(13-25(36)3)43(35-14-26(4)37(52-6-2)18-39(35)77-38)33-16-27(7-9-32(33)46(62)63)44(60)53-11-12-73-30-8-10-31(28(15-30)20-54-57-49)47(64)74-22-29-21-59(48(65)56-45(29)61)42-19-40(75-24-55-58-50)41(78-42)23-76-82(69,70)80-83(71,72)79-81(66,67)68/h7-10,13-18,21,40-42,51H,5-6,11-12,19-20,22-24H2,1-4H3,(H,53,60)(H,62,63)(H,69,70)(H,71,72)(H,56,61,65)(H2,66,67,68)/b52-37-/t40?,41-,42-/m1/s1. The first-order chi connectivity index (χ1) is 39.3. The van der Waals surface area contributed by atoms with Crippen molar-refractivity contribution in [1.29, 1.82) is 0 Å². The molecule has 0 bridgehead atoms. The van der Waals surface area contributed by atoms with Crippen LogP contribution in [-0.2, 0) is 54.2 Å². The highest BCUT2D eigenvalue weighted by molar-refractivity contribution is 7.66. The Morgan fingerprint density at radius 2 is 1.64 bits per heavy atom. The van der Waals surface area contributed by atoms with Crippen molar-refractivity contribution in [1.82, 2.24) is 14.9 Å². The zero-order chi connectivity index (χ0) is 60.4. The van der Waals surface area contributed by atoms with E-state index < -0.39 is 90.9 Å². The molecule has 3 aromatic carbocycles. The number of aromatic carboxylic acids is 1. The maximum atomic E-state index is 13.8. The molecule has 8 N–H and O–H groups in total. The predicted octanol–water partition coefficient (Wildman–Crippen LogP) is 6.98. The molecule has 1 saturated heterocycles. The molecule has 5 atom stereocenters. The van der Waals surface area contributed by atoms with Crippen molar-refractivity contribution >= 4 is 58.0 Å². The number of aryl methyl sites for hydroxylation is 2. The van der Waals surface area contributed by atoms with Crippen LogP contribution in [0.4, 0.5) is 5.69 Å². The summed E-state index contributed by atoms with van der Waals surface area (Å²) in [4.78, 5) is 115. The lowest BCUT2D eigenvalue weighted by molar-refractivity contribution is -0.0602. The molecule has 35 heteroatoms. The highest BCUT2D eigenvalue weighted by Gasteiger charge is 2.44. The van der Waals surface area contributed by atoms with E-state index in [9.17, 15) is 52.6 Å². The number of phosphoric ester groups is 1. The Morgan fingerprint density at radius 3 is 2.34 bits per heavy atom. The highest BCUT2D eigenvalue weighted by atomic mass is 31.3. The monoisotopic (exact) mass is 1210 g/mol. The fraction of sp³-hybridized carbons (Fsp3) is 0.333. The summed E-state index contributed by atoms with van der Waals surface area (Å²) in [5.74, 6) is -2.19. The number of benzene rings is 4. The van der Waals surface area contributed by atoms with Gasteiger partial charge in [0.05, 0.1) is 47.8 Å². The van der Waals surface area contributed by atoms with Gasteiger partial charge in [0.2, 0.25) is 0 Å². The van der Waals surface area contributed by atoms with Crippen molar-refractivity contribution in [2.24, 2.45) is 15.2 Å². The Kier molecular flexibility index (Phi) is 20.3. The van der Waals surface area contributed by atoms with E-state index in [2.05, 4.69) is 48.8 Å². The fourth-order valence-electron chi connectivity index (χ4n) is 8.70. The van der Waals surface area contributed by atoms with Crippen LogP contribution in [0.25, 0.3) is 54.3 Å². The molecule has 0 spiro atoms. The number of carboxylic acid groups (broad SMARTS) is 1. The van der Waals surface area contributed by atoms with E-state index in [1.807, 2.05) is 56.9 Å².